The average Bonchev–Trinajstić information content (AvgIpc) is 3.01. The number of hydrazone groups is 1. The smallest absolute Gasteiger partial charge is 0.240 e. The van der Waals surface area contributed by atoms with Crippen LogP contribution in [0.5, 0.6) is 0 Å². The Morgan fingerprint density at radius 3 is 2.74 bits per heavy atom. The number of nitrogens with zero attached hydrogens (tertiary/aromatic N) is 1. The minimum Gasteiger partial charge on any atom is -0.326 e. The zero-order chi connectivity index (χ0) is 16.7. The molecule has 2 amide bonds. The highest BCUT2D eigenvalue weighted by Gasteiger charge is 2.08. The third kappa shape index (κ3) is 5.84. The maximum atomic E-state index is 11.9. The molecule has 2 aromatic rings. The van der Waals surface area contributed by atoms with Crippen molar-refractivity contribution < 1.29 is 9.59 Å². The van der Waals surface area contributed by atoms with E-state index in [1.54, 1.807) is 24.4 Å². The molecule has 0 unspecified atom stereocenters. The molecule has 1 aromatic carbocycles. The van der Waals surface area contributed by atoms with Crippen molar-refractivity contribution in [2.75, 3.05) is 5.32 Å². The van der Waals surface area contributed by atoms with Crippen LogP contribution in [0.3, 0.4) is 0 Å². The summed E-state index contributed by atoms with van der Waals surface area (Å²) in [6.07, 6.45) is 1.72. The van der Waals surface area contributed by atoms with E-state index in [4.69, 9.17) is 11.6 Å². The molecule has 0 atom stereocenters. The number of carbonyl (C=O) groups is 2. The molecule has 2 N–H and O–H groups in total. The fourth-order valence-corrected chi connectivity index (χ4v) is 2.61. The molecule has 0 spiro atoms. The molecular formula is C16H16ClN3O2S. The Kier molecular flexibility index (Phi) is 6.31. The molecule has 2 rings (SSSR count). The van der Waals surface area contributed by atoms with E-state index < -0.39 is 0 Å². The second-order valence-corrected chi connectivity index (χ2v) is 6.23. The molecule has 7 heteroatoms. The number of nitrogens with one attached hydrogen (secondary N) is 2. The van der Waals surface area contributed by atoms with E-state index in [0.717, 1.165) is 10.4 Å². The number of halogens is 1. The van der Waals surface area contributed by atoms with Gasteiger partial charge in [0.15, 0.2) is 0 Å². The molecule has 0 fully saturated rings. The van der Waals surface area contributed by atoms with Crippen molar-refractivity contribution in [3.05, 3.63) is 51.2 Å². The first kappa shape index (κ1) is 17.2. The standard InChI is InChI=1S/C16H16ClN3O2S/c1-11-9-12(17)4-5-14(11)19-15(21)6-7-16(22)20-18-10-13-3-2-8-23-13/h2-5,8-10H,6-7H2,1H3,(H,19,21)(H,20,22). The minimum absolute atomic E-state index is 0.0697. The maximum Gasteiger partial charge on any atom is 0.240 e. The van der Waals surface area contributed by atoms with Gasteiger partial charge in [-0.3, -0.25) is 9.59 Å². The predicted octanol–water partition coefficient (Wildman–Crippen LogP) is 3.58. The zero-order valence-electron chi connectivity index (χ0n) is 12.5. The first-order chi connectivity index (χ1) is 11.0. The summed E-state index contributed by atoms with van der Waals surface area (Å²) in [7, 11) is 0. The van der Waals surface area contributed by atoms with E-state index in [1.165, 1.54) is 11.3 Å². The van der Waals surface area contributed by atoms with Gasteiger partial charge in [0.25, 0.3) is 0 Å². The van der Waals surface area contributed by atoms with Crippen molar-refractivity contribution in [3.8, 4) is 0 Å². The highest BCUT2D eigenvalue weighted by Crippen LogP contribution is 2.19. The average molecular weight is 350 g/mol. The van der Waals surface area contributed by atoms with Crippen LogP contribution in [0.25, 0.3) is 0 Å². The lowest BCUT2D eigenvalue weighted by Crippen LogP contribution is -2.20. The maximum absolute atomic E-state index is 11.9. The molecule has 0 saturated carbocycles. The third-order valence-corrected chi connectivity index (χ3v) is 4.01. The molecule has 120 valence electrons. The van der Waals surface area contributed by atoms with Gasteiger partial charge in [-0.15, -0.1) is 11.3 Å². The van der Waals surface area contributed by atoms with Gasteiger partial charge in [-0.1, -0.05) is 17.7 Å². The highest BCUT2D eigenvalue weighted by atomic mass is 35.5. The highest BCUT2D eigenvalue weighted by molar-refractivity contribution is 7.11. The van der Waals surface area contributed by atoms with Gasteiger partial charge in [0.05, 0.1) is 6.21 Å². The summed E-state index contributed by atoms with van der Waals surface area (Å²) in [4.78, 5) is 24.4. The summed E-state index contributed by atoms with van der Waals surface area (Å²) in [6.45, 7) is 1.85. The Bertz CT molecular complexity index is 714. The van der Waals surface area contributed by atoms with Crippen LogP contribution in [0, 0.1) is 6.92 Å². The second-order valence-electron chi connectivity index (χ2n) is 4.82. The van der Waals surface area contributed by atoms with E-state index in [1.807, 2.05) is 24.4 Å². The van der Waals surface area contributed by atoms with E-state index in [0.29, 0.717) is 10.7 Å². The summed E-state index contributed by atoms with van der Waals surface area (Å²) >= 11 is 7.39. The van der Waals surface area contributed by atoms with Gasteiger partial charge in [-0.25, -0.2) is 5.43 Å². The lowest BCUT2D eigenvalue weighted by Gasteiger charge is -2.08. The first-order valence-corrected chi connectivity index (χ1v) is 8.22. The van der Waals surface area contributed by atoms with Gasteiger partial charge in [-0.05, 0) is 42.1 Å². The number of carbonyl (C=O) groups excluding carboxylic acids is 2. The number of rotatable bonds is 6. The number of benzene rings is 1. The number of hydrogen-bond acceptors (Lipinski definition) is 4. The van der Waals surface area contributed by atoms with E-state index in [2.05, 4.69) is 15.8 Å². The van der Waals surface area contributed by atoms with Crippen LogP contribution in [-0.2, 0) is 9.59 Å². The topological polar surface area (TPSA) is 70.6 Å². The number of amides is 2. The predicted molar refractivity (Wildman–Crippen MR) is 94.1 cm³/mol. The van der Waals surface area contributed by atoms with Crippen LogP contribution < -0.4 is 10.7 Å². The van der Waals surface area contributed by atoms with Crippen LogP contribution in [-0.4, -0.2) is 18.0 Å². The van der Waals surface area contributed by atoms with Gasteiger partial charge >= 0.3 is 0 Å². The van der Waals surface area contributed by atoms with Crippen LogP contribution in [0.1, 0.15) is 23.3 Å². The number of anilines is 1. The van der Waals surface area contributed by atoms with Crippen molar-refractivity contribution in [1.29, 1.82) is 0 Å². The minimum atomic E-state index is -0.305. The molecule has 1 aromatic heterocycles. The van der Waals surface area contributed by atoms with Crippen molar-refractivity contribution in [2.24, 2.45) is 5.10 Å². The van der Waals surface area contributed by atoms with Gasteiger partial charge in [0, 0.05) is 28.4 Å². The fourth-order valence-electron chi connectivity index (χ4n) is 1.80. The Morgan fingerprint density at radius 2 is 2.04 bits per heavy atom. The SMILES string of the molecule is Cc1cc(Cl)ccc1NC(=O)CCC(=O)NN=Cc1cccs1. The Hall–Kier alpha value is -2.18. The van der Waals surface area contributed by atoms with E-state index >= 15 is 0 Å². The van der Waals surface area contributed by atoms with E-state index in [-0.39, 0.29) is 24.7 Å². The van der Waals surface area contributed by atoms with Crippen LogP contribution in [0.4, 0.5) is 5.69 Å². The quantitative estimate of drug-likeness (QED) is 0.618. The normalized spacial score (nSPS) is 10.7. The fraction of sp³-hybridized carbons (Fsp3) is 0.188. The molecule has 0 saturated heterocycles. The molecule has 0 aliphatic heterocycles. The van der Waals surface area contributed by atoms with Crippen LogP contribution in [0.15, 0.2) is 40.8 Å². The summed E-state index contributed by atoms with van der Waals surface area (Å²) < 4.78 is 0. The van der Waals surface area contributed by atoms with Crippen molar-refractivity contribution in [2.45, 2.75) is 19.8 Å². The summed E-state index contributed by atoms with van der Waals surface area (Å²) in [5, 5.41) is 9.13. The lowest BCUT2D eigenvalue weighted by molar-refractivity contribution is -0.124. The zero-order valence-corrected chi connectivity index (χ0v) is 14.1. The molecule has 1 heterocycles. The molecular weight excluding hydrogens is 334 g/mol. The molecule has 0 aliphatic carbocycles. The summed E-state index contributed by atoms with van der Waals surface area (Å²) in [5.74, 6) is -0.534. The Morgan fingerprint density at radius 1 is 1.26 bits per heavy atom. The summed E-state index contributed by atoms with van der Waals surface area (Å²) in [6, 6.07) is 9.00. The summed E-state index contributed by atoms with van der Waals surface area (Å²) in [5.41, 5.74) is 3.96. The largest absolute Gasteiger partial charge is 0.326 e. The molecule has 0 bridgehead atoms. The van der Waals surface area contributed by atoms with Gasteiger partial charge in [-0.2, -0.15) is 5.10 Å². The van der Waals surface area contributed by atoms with Crippen molar-refractivity contribution >= 4 is 46.7 Å². The van der Waals surface area contributed by atoms with Crippen molar-refractivity contribution in [3.63, 3.8) is 0 Å². The number of hydrogen-bond donors (Lipinski definition) is 2. The van der Waals surface area contributed by atoms with E-state index in [9.17, 15) is 9.59 Å². The second kappa shape index (κ2) is 8.45. The van der Waals surface area contributed by atoms with Crippen molar-refractivity contribution in [1.82, 2.24) is 5.43 Å². The number of thiophene rings is 1. The molecule has 5 nitrogen and oxygen atoms in total. The molecule has 23 heavy (non-hydrogen) atoms. The Balaban J connectivity index is 1.74. The van der Waals surface area contributed by atoms with Crippen LogP contribution >= 0.6 is 22.9 Å². The van der Waals surface area contributed by atoms with Gasteiger partial charge in [0.2, 0.25) is 11.8 Å². The first-order valence-electron chi connectivity index (χ1n) is 6.96. The Labute approximate surface area is 143 Å². The third-order valence-electron chi connectivity index (χ3n) is 2.97. The van der Waals surface area contributed by atoms with Gasteiger partial charge < -0.3 is 5.32 Å². The number of aryl methyl sites for hydroxylation is 1. The van der Waals surface area contributed by atoms with Gasteiger partial charge in [0.1, 0.15) is 0 Å². The van der Waals surface area contributed by atoms with Crippen LogP contribution in [0.2, 0.25) is 5.02 Å². The lowest BCUT2D eigenvalue weighted by atomic mass is 10.2. The molecule has 0 radical (unpaired) electrons. The molecule has 0 aliphatic rings. The monoisotopic (exact) mass is 349 g/mol.